The summed E-state index contributed by atoms with van der Waals surface area (Å²) in [5.41, 5.74) is 0.0927. The Morgan fingerprint density at radius 2 is 1.82 bits per heavy atom. The topological polar surface area (TPSA) is 77.8 Å². The molecular formula is C24H40O4. The zero-order chi connectivity index (χ0) is 20.3. The van der Waals surface area contributed by atoms with E-state index in [0.29, 0.717) is 41.9 Å². The Labute approximate surface area is 170 Å². The zero-order valence-electron chi connectivity index (χ0n) is 17.9. The molecule has 4 aliphatic rings. The van der Waals surface area contributed by atoms with Crippen molar-refractivity contribution >= 4 is 5.97 Å². The van der Waals surface area contributed by atoms with Gasteiger partial charge in [0.15, 0.2) is 0 Å². The van der Waals surface area contributed by atoms with Crippen LogP contribution in [0.1, 0.15) is 85.0 Å². The van der Waals surface area contributed by atoms with Gasteiger partial charge in [0.2, 0.25) is 0 Å². The zero-order valence-corrected chi connectivity index (χ0v) is 17.9. The summed E-state index contributed by atoms with van der Waals surface area (Å²) in [6, 6.07) is 0. The van der Waals surface area contributed by atoms with E-state index in [1.165, 1.54) is 25.7 Å². The molecule has 3 N–H and O–H groups in total. The van der Waals surface area contributed by atoms with Crippen LogP contribution >= 0.6 is 0 Å². The molecule has 0 aromatic carbocycles. The lowest BCUT2D eigenvalue weighted by molar-refractivity contribution is -0.201. The predicted octanol–water partition coefficient (Wildman–Crippen LogP) is 4.48. The van der Waals surface area contributed by atoms with E-state index >= 15 is 0 Å². The molecule has 0 saturated heterocycles. The number of carboxylic acids is 1. The maximum absolute atomic E-state index is 11.5. The van der Waals surface area contributed by atoms with Gasteiger partial charge in [-0.2, -0.15) is 0 Å². The van der Waals surface area contributed by atoms with Crippen molar-refractivity contribution < 1.29 is 20.1 Å². The van der Waals surface area contributed by atoms with Gasteiger partial charge >= 0.3 is 5.97 Å². The third-order valence-corrected chi connectivity index (χ3v) is 10.3. The van der Waals surface area contributed by atoms with Gasteiger partial charge in [0.1, 0.15) is 0 Å². The first-order valence-electron chi connectivity index (χ1n) is 11.8. The fraction of sp³-hybridized carbons (Fsp3) is 0.958. The normalized spacial score (nSPS) is 51.7. The van der Waals surface area contributed by atoms with Crippen molar-refractivity contribution in [2.75, 3.05) is 0 Å². The molecule has 160 valence electrons. The molecule has 10 atom stereocenters. The summed E-state index contributed by atoms with van der Waals surface area (Å²) in [6.07, 6.45) is 9.32. The Bertz CT molecular complexity index is 605. The molecule has 0 aromatic heterocycles. The molecule has 4 heteroatoms. The molecule has 0 amide bonds. The number of carbonyl (C=O) groups is 1. The SMILES string of the molecule is C[C@H](CCC(=O)O)C1CC[C@H]2C3[C@H](O)CC4CCCCC4(C)[C@H]3C[C@H](O)C12C. The Morgan fingerprint density at radius 3 is 2.54 bits per heavy atom. The van der Waals surface area contributed by atoms with Crippen molar-refractivity contribution in [1.29, 1.82) is 0 Å². The molecule has 0 radical (unpaired) electrons. The van der Waals surface area contributed by atoms with E-state index in [-0.39, 0.29) is 29.5 Å². The van der Waals surface area contributed by atoms with Crippen LogP contribution in [0.25, 0.3) is 0 Å². The van der Waals surface area contributed by atoms with Crippen molar-refractivity contribution in [1.82, 2.24) is 0 Å². The fourth-order valence-corrected chi connectivity index (χ4v) is 8.74. The number of fused-ring (bicyclic) bond motifs is 5. The lowest BCUT2D eigenvalue weighted by Gasteiger charge is -2.63. The summed E-state index contributed by atoms with van der Waals surface area (Å²) in [4.78, 5) is 11.1. The summed E-state index contributed by atoms with van der Waals surface area (Å²) >= 11 is 0. The Hall–Kier alpha value is -0.610. The van der Waals surface area contributed by atoms with Gasteiger partial charge in [-0.05, 0) is 91.3 Å². The Morgan fingerprint density at radius 1 is 1.07 bits per heavy atom. The maximum Gasteiger partial charge on any atom is 0.303 e. The average Bonchev–Trinajstić information content (AvgIpc) is 3.00. The van der Waals surface area contributed by atoms with E-state index in [0.717, 1.165) is 25.7 Å². The summed E-state index contributed by atoms with van der Waals surface area (Å²) in [7, 11) is 0. The first-order chi connectivity index (χ1) is 13.2. The molecule has 5 unspecified atom stereocenters. The standard InChI is InChI=1S/C24H40O4/c1-14(7-10-21(27)28)16-8-9-17-22-18(13-20(26)24(16,17)3)23(2)11-5-4-6-15(23)12-19(22)25/h14-20,22,25-26H,4-13H2,1-3H3,(H,27,28)/t14-,15?,16?,17+,18+,19-,20+,22?,23?,24?/m1/s1. The molecule has 0 bridgehead atoms. The van der Waals surface area contributed by atoms with Crippen LogP contribution in [0.3, 0.4) is 0 Å². The highest BCUT2D eigenvalue weighted by Gasteiger charge is 2.65. The number of carboxylic acid groups (broad SMARTS) is 1. The molecule has 4 saturated carbocycles. The van der Waals surface area contributed by atoms with Gasteiger partial charge < -0.3 is 15.3 Å². The van der Waals surface area contributed by atoms with Gasteiger partial charge in [-0.15, -0.1) is 0 Å². The average molecular weight is 393 g/mol. The lowest BCUT2D eigenvalue weighted by atomic mass is 9.43. The van der Waals surface area contributed by atoms with Gasteiger partial charge in [0, 0.05) is 6.42 Å². The summed E-state index contributed by atoms with van der Waals surface area (Å²) in [6.45, 7) is 6.89. The molecule has 4 rings (SSSR count). The molecule has 0 heterocycles. The largest absolute Gasteiger partial charge is 0.481 e. The smallest absolute Gasteiger partial charge is 0.303 e. The van der Waals surface area contributed by atoms with Crippen LogP contribution in [0.2, 0.25) is 0 Å². The Kier molecular flexibility index (Phi) is 5.36. The van der Waals surface area contributed by atoms with Gasteiger partial charge in [-0.1, -0.05) is 33.6 Å². The second-order valence-corrected chi connectivity index (χ2v) is 11.3. The summed E-state index contributed by atoms with van der Waals surface area (Å²) in [5.74, 6) is 1.66. The number of aliphatic hydroxyl groups is 2. The minimum absolute atomic E-state index is 0.183. The number of aliphatic carboxylic acids is 1. The van der Waals surface area contributed by atoms with Crippen LogP contribution in [0.15, 0.2) is 0 Å². The van der Waals surface area contributed by atoms with E-state index in [1.807, 2.05) is 0 Å². The van der Waals surface area contributed by atoms with E-state index in [4.69, 9.17) is 5.11 Å². The highest BCUT2D eigenvalue weighted by Crippen LogP contribution is 2.68. The van der Waals surface area contributed by atoms with Crippen molar-refractivity contribution in [2.24, 2.45) is 46.3 Å². The maximum atomic E-state index is 11.5. The molecular weight excluding hydrogens is 352 g/mol. The highest BCUT2D eigenvalue weighted by molar-refractivity contribution is 5.66. The first-order valence-corrected chi connectivity index (χ1v) is 11.8. The van der Waals surface area contributed by atoms with Crippen molar-refractivity contribution in [3.63, 3.8) is 0 Å². The molecule has 0 spiro atoms. The first kappa shape index (κ1) is 20.7. The predicted molar refractivity (Wildman–Crippen MR) is 109 cm³/mol. The number of rotatable bonds is 4. The van der Waals surface area contributed by atoms with Gasteiger partial charge in [0.05, 0.1) is 12.2 Å². The van der Waals surface area contributed by atoms with Crippen molar-refractivity contribution in [3.05, 3.63) is 0 Å². The molecule has 28 heavy (non-hydrogen) atoms. The molecule has 0 aromatic rings. The number of hydrogen-bond donors (Lipinski definition) is 3. The number of hydrogen-bond acceptors (Lipinski definition) is 3. The van der Waals surface area contributed by atoms with Gasteiger partial charge in [-0.3, -0.25) is 4.79 Å². The minimum Gasteiger partial charge on any atom is -0.481 e. The quantitative estimate of drug-likeness (QED) is 0.659. The van der Waals surface area contributed by atoms with Crippen LogP contribution < -0.4 is 0 Å². The van der Waals surface area contributed by atoms with E-state index in [1.54, 1.807) is 0 Å². The molecule has 4 fully saturated rings. The fourth-order valence-electron chi connectivity index (χ4n) is 8.74. The lowest BCUT2D eigenvalue weighted by Crippen LogP contribution is -2.61. The van der Waals surface area contributed by atoms with Crippen molar-refractivity contribution in [2.45, 2.75) is 97.2 Å². The van der Waals surface area contributed by atoms with Crippen LogP contribution in [0.4, 0.5) is 0 Å². The van der Waals surface area contributed by atoms with Crippen LogP contribution in [-0.2, 0) is 4.79 Å². The number of aliphatic hydroxyl groups excluding tert-OH is 2. The third kappa shape index (κ3) is 2.96. The second-order valence-electron chi connectivity index (χ2n) is 11.3. The second kappa shape index (κ2) is 7.27. The highest BCUT2D eigenvalue weighted by atomic mass is 16.4. The van der Waals surface area contributed by atoms with Crippen LogP contribution in [0, 0.1) is 46.3 Å². The minimum atomic E-state index is -0.727. The third-order valence-electron chi connectivity index (χ3n) is 10.3. The molecule has 0 aliphatic heterocycles. The van der Waals surface area contributed by atoms with Crippen LogP contribution in [-0.4, -0.2) is 33.5 Å². The van der Waals surface area contributed by atoms with E-state index < -0.39 is 5.97 Å². The summed E-state index contributed by atoms with van der Waals surface area (Å²) in [5, 5.41) is 31.8. The summed E-state index contributed by atoms with van der Waals surface area (Å²) < 4.78 is 0. The van der Waals surface area contributed by atoms with Gasteiger partial charge in [0.25, 0.3) is 0 Å². The van der Waals surface area contributed by atoms with Crippen molar-refractivity contribution in [3.8, 4) is 0 Å². The van der Waals surface area contributed by atoms with E-state index in [9.17, 15) is 15.0 Å². The molecule has 4 nitrogen and oxygen atoms in total. The Balaban J connectivity index is 1.61. The van der Waals surface area contributed by atoms with Gasteiger partial charge in [-0.25, -0.2) is 0 Å². The van der Waals surface area contributed by atoms with Crippen LogP contribution in [0.5, 0.6) is 0 Å². The van der Waals surface area contributed by atoms with E-state index in [2.05, 4.69) is 20.8 Å². The molecule has 4 aliphatic carbocycles. The monoisotopic (exact) mass is 392 g/mol.